The molecule has 2 aliphatic carbocycles. The molecular weight excluding hydrogens is 390 g/mol. The smallest absolute Gasteiger partial charge is 0.159 e. The average Bonchev–Trinajstić information content (AvgIpc) is 2.81. The van der Waals surface area contributed by atoms with Crippen molar-refractivity contribution in [1.29, 1.82) is 0 Å². The van der Waals surface area contributed by atoms with Gasteiger partial charge in [-0.25, -0.2) is 8.78 Å². The minimum absolute atomic E-state index is 0.374. The monoisotopic (exact) mass is 426 g/mol. The molecule has 2 aliphatic rings. The second-order valence-corrected chi connectivity index (χ2v) is 9.74. The van der Waals surface area contributed by atoms with E-state index in [0.29, 0.717) is 18.3 Å². The first-order valence-electron chi connectivity index (χ1n) is 12.3. The van der Waals surface area contributed by atoms with Crippen LogP contribution in [0.25, 0.3) is 11.1 Å². The summed E-state index contributed by atoms with van der Waals surface area (Å²) in [5, 5.41) is 0. The fraction of sp³-hybridized carbons (Fsp3) is 0.571. The van der Waals surface area contributed by atoms with Gasteiger partial charge in [0.15, 0.2) is 11.6 Å². The van der Waals surface area contributed by atoms with E-state index in [2.05, 4.69) is 6.92 Å². The third-order valence-corrected chi connectivity index (χ3v) is 7.67. The van der Waals surface area contributed by atoms with Gasteiger partial charge < -0.3 is 4.74 Å². The molecule has 2 saturated carbocycles. The molecule has 31 heavy (non-hydrogen) atoms. The van der Waals surface area contributed by atoms with Crippen LogP contribution in [0.3, 0.4) is 0 Å². The van der Waals surface area contributed by atoms with Gasteiger partial charge in [0.05, 0.1) is 12.7 Å². The van der Waals surface area contributed by atoms with Crippen LogP contribution in [0.2, 0.25) is 0 Å². The zero-order valence-corrected chi connectivity index (χ0v) is 18.8. The van der Waals surface area contributed by atoms with Gasteiger partial charge in [0.2, 0.25) is 0 Å². The van der Waals surface area contributed by atoms with E-state index in [1.54, 1.807) is 6.07 Å². The van der Waals surface area contributed by atoms with Crippen molar-refractivity contribution < 1.29 is 13.5 Å². The maximum absolute atomic E-state index is 13.5. The summed E-state index contributed by atoms with van der Waals surface area (Å²) in [6, 6.07) is 12.0. The van der Waals surface area contributed by atoms with Gasteiger partial charge in [0.25, 0.3) is 0 Å². The molecule has 1 nitrogen and oxygen atoms in total. The van der Waals surface area contributed by atoms with E-state index in [0.717, 1.165) is 28.9 Å². The third-order valence-electron chi connectivity index (χ3n) is 7.67. The van der Waals surface area contributed by atoms with Crippen LogP contribution in [-0.2, 0) is 11.3 Å². The molecule has 0 heterocycles. The Morgan fingerprint density at radius 1 is 0.742 bits per heavy atom. The predicted molar refractivity (Wildman–Crippen MR) is 123 cm³/mol. The van der Waals surface area contributed by atoms with Gasteiger partial charge in [-0.1, -0.05) is 62.9 Å². The van der Waals surface area contributed by atoms with E-state index in [4.69, 9.17) is 4.74 Å². The number of hydrogen-bond donors (Lipinski definition) is 0. The standard InChI is InChI=1S/C28H36F2O/c1-2-3-20-4-8-22(9-5-20)23-12-15-26(16-13-23)31-19-21-6-10-24(11-7-21)25-14-17-27(29)28(30)18-25/h6-7,10-11,14,17-18,20,22-23,26H,2-5,8-9,12-13,15-16,19H2,1H3. The highest BCUT2D eigenvalue weighted by atomic mass is 19.2. The molecule has 3 heteroatoms. The topological polar surface area (TPSA) is 9.23 Å². The molecule has 0 aliphatic heterocycles. The van der Waals surface area contributed by atoms with Crippen LogP contribution in [-0.4, -0.2) is 6.10 Å². The molecule has 0 unspecified atom stereocenters. The van der Waals surface area contributed by atoms with Crippen molar-refractivity contribution in [1.82, 2.24) is 0 Å². The Morgan fingerprint density at radius 2 is 1.35 bits per heavy atom. The van der Waals surface area contributed by atoms with Crippen molar-refractivity contribution in [3.05, 3.63) is 59.7 Å². The Bertz CT molecular complexity index is 815. The minimum atomic E-state index is -0.812. The van der Waals surface area contributed by atoms with Crippen LogP contribution in [0.5, 0.6) is 0 Å². The van der Waals surface area contributed by atoms with Crippen LogP contribution in [0.4, 0.5) is 8.78 Å². The fourth-order valence-corrected chi connectivity index (χ4v) is 5.77. The summed E-state index contributed by atoms with van der Waals surface area (Å²) in [7, 11) is 0. The lowest BCUT2D eigenvalue weighted by atomic mass is 9.70. The highest BCUT2D eigenvalue weighted by Crippen LogP contribution is 2.41. The molecular formula is C28H36F2O. The van der Waals surface area contributed by atoms with Gasteiger partial charge in [-0.15, -0.1) is 0 Å². The van der Waals surface area contributed by atoms with Crippen LogP contribution in [0.1, 0.15) is 76.7 Å². The molecule has 0 aromatic heterocycles. The molecule has 2 fully saturated rings. The maximum Gasteiger partial charge on any atom is 0.159 e. The largest absolute Gasteiger partial charge is 0.374 e. The lowest BCUT2D eigenvalue weighted by Crippen LogP contribution is -2.28. The zero-order chi connectivity index (χ0) is 21.6. The van der Waals surface area contributed by atoms with Crippen LogP contribution < -0.4 is 0 Å². The summed E-state index contributed by atoms with van der Waals surface area (Å²) in [6.07, 6.45) is 14.0. The van der Waals surface area contributed by atoms with E-state index in [1.165, 1.54) is 76.3 Å². The van der Waals surface area contributed by atoms with Gasteiger partial charge in [-0.3, -0.25) is 0 Å². The molecule has 0 radical (unpaired) electrons. The Labute approximate surface area is 186 Å². The van der Waals surface area contributed by atoms with Crippen LogP contribution in [0, 0.1) is 29.4 Å². The lowest BCUT2D eigenvalue weighted by molar-refractivity contribution is -0.00283. The molecule has 0 amide bonds. The maximum atomic E-state index is 13.5. The number of ether oxygens (including phenoxy) is 1. The van der Waals surface area contributed by atoms with Gasteiger partial charge >= 0.3 is 0 Å². The summed E-state index contributed by atoms with van der Waals surface area (Å²) in [4.78, 5) is 0. The second-order valence-electron chi connectivity index (χ2n) is 9.74. The number of benzene rings is 2. The van der Waals surface area contributed by atoms with Gasteiger partial charge in [-0.05, 0) is 85.1 Å². The first kappa shape index (κ1) is 22.5. The molecule has 2 aromatic carbocycles. The number of hydrogen-bond acceptors (Lipinski definition) is 1. The minimum Gasteiger partial charge on any atom is -0.374 e. The third kappa shape index (κ3) is 5.94. The molecule has 0 saturated heterocycles. The molecule has 0 spiro atoms. The average molecular weight is 427 g/mol. The highest BCUT2D eigenvalue weighted by molar-refractivity contribution is 5.63. The van der Waals surface area contributed by atoms with Crippen molar-refractivity contribution in [2.45, 2.75) is 83.8 Å². The Balaban J connectivity index is 1.21. The zero-order valence-electron chi connectivity index (χ0n) is 18.8. The Hall–Kier alpha value is -1.74. The first-order chi connectivity index (χ1) is 15.1. The molecule has 0 bridgehead atoms. The van der Waals surface area contributed by atoms with Crippen LogP contribution >= 0.6 is 0 Å². The summed E-state index contributed by atoms with van der Waals surface area (Å²) in [5.41, 5.74) is 2.70. The van der Waals surface area contributed by atoms with E-state index in [9.17, 15) is 8.78 Å². The van der Waals surface area contributed by atoms with Gasteiger partial charge in [0.1, 0.15) is 0 Å². The quantitative estimate of drug-likeness (QED) is 0.432. The lowest BCUT2D eigenvalue weighted by Gasteiger charge is -2.37. The Kier molecular flexibility index (Phi) is 7.76. The van der Waals surface area contributed by atoms with E-state index in [1.807, 2.05) is 24.3 Å². The van der Waals surface area contributed by atoms with Crippen molar-refractivity contribution >= 4 is 0 Å². The SMILES string of the molecule is CCCC1CCC(C2CCC(OCc3ccc(-c4ccc(F)c(F)c4)cc3)CC2)CC1. The summed E-state index contributed by atoms with van der Waals surface area (Å²) >= 11 is 0. The summed E-state index contributed by atoms with van der Waals surface area (Å²) in [6.45, 7) is 2.93. The summed E-state index contributed by atoms with van der Waals surface area (Å²) in [5.74, 6) is 1.24. The molecule has 0 N–H and O–H groups in total. The van der Waals surface area contributed by atoms with E-state index in [-0.39, 0.29) is 0 Å². The van der Waals surface area contributed by atoms with E-state index >= 15 is 0 Å². The fourth-order valence-electron chi connectivity index (χ4n) is 5.77. The summed E-state index contributed by atoms with van der Waals surface area (Å²) < 4.78 is 32.8. The van der Waals surface area contributed by atoms with Crippen molar-refractivity contribution in [2.75, 3.05) is 0 Å². The van der Waals surface area contributed by atoms with Crippen molar-refractivity contribution in [3.8, 4) is 11.1 Å². The first-order valence-corrected chi connectivity index (χ1v) is 12.3. The molecule has 0 atom stereocenters. The Morgan fingerprint density at radius 3 is 1.97 bits per heavy atom. The number of rotatable bonds is 7. The van der Waals surface area contributed by atoms with E-state index < -0.39 is 11.6 Å². The predicted octanol–water partition coefficient (Wildman–Crippen LogP) is 8.31. The highest BCUT2D eigenvalue weighted by Gasteiger charge is 2.30. The molecule has 2 aromatic rings. The number of halogens is 2. The molecule has 4 rings (SSSR count). The van der Waals surface area contributed by atoms with Gasteiger partial charge in [-0.2, -0.15) is 0 Å². The van der Waals surface area contributed by atoms with Crippen molar-refractivity contribution in [3.63, 3.8) is 0 Å². The van der Waals surface area contributed by atoms with Gasteiger partial charge in [0, 0.05) is 0 Å². The normalized spacial score (nSPS) is 26.7. The van der Waals surface area contributed by atoms with Crippen LogP contribution in [0.15, 0.2) is 42.5 Å². The van der Waals surface area contributed by atoms with Crippen molar-refractivity contribution in [2.24, 2.45) is 17.8 Å². The second kappa shape index (κ2) is 10.7. The molecule has 168 valence electrons.